The van der Waals surface area contributed by atoms with E-state index in [0.717, 1.165) is 29.3 Å². The smallest absolute Gasteiger partial charge is 0.229 e. The molecular weight excluding hydrogens is 422 g/mol. The summed E-state index contributed by atoms with van der Waals surface area (Å²) >= 11 is 0. The summed E-state index contributed by atoms with van der Waals surface area (Å²) in [6.07, 6.45) is 1.09. The molecule has 0 bridgehead atoms. The normalized spacial score (nSPS) is 11.3. The molecule has 0 saturated heterocycles. The average Bonchev–Trinajstić information content (AvgIpc) is 2.70. The van der Waals surface area contributed by atoms with Gasteiger partial charge in [-0.05, 0) is 48.4 Å². The third-order valence-electron chi connectivity index (χ3n) is 4.85. The number of sulfonamides is 1. The summed E-state index contributed by atoms with van der Waals surface area (Å²) in [6.45, 7) is 2.39. The van der Waals surface area contributed by atoms with E-state index in [2.05, 4.69) is 4.72 Å². The summed E-state index contributed by atoms with van der Waals surface area (Å²) in [5.74, 6) is -0.559. The maximum absolute atomic E-state index is 14.4. The Kier molecular flexibility index (Phi) is 6.80. The highest BCUT2D eigenvalue weighted by Gasteiger charge is 2.17. The van der Waals surface area contributed by atoms with Crippen LogP contribution in [0.15, 0.2) is 60.7 Å². The molecule has 0 unspecified atom stereocenters. The molecule has 0 aliphatic heterocycles. The fourth-order valence-electron chi connectivity index (χ4n) is 3.31. The lowest BCUT2D eigenvalue weighted by atomic mass is 10.1. The highest BCUT2D eigenvalue weighted by molar-refractivity contribution is 7.92. The van der Waals surface area contributed by atoms with E-state index in [1.807, 2.05) is 35.2 Å². The van der Waals surface area contributed by atoms with Crippen molar-refractivity contribution in [3.63, 3.8) is 0 Å². The first-order valence-corrected chi connectivity index (χ1v) is 11.4. The van der Waals surface area contributed by atoms with Gasteiger partial charge in [-0.15, -0.1) is 0 Å². The molecule has 0 aliphatic carbocycles. The molecule has 0 spiro atoms. The highest BCUT2D eigenvalue weighted by atomic mass is 32.2. The monoisotopic (exact) mass is 446 g/mol. The van der Waals surface area contributed by atoms with Gasteiger partial charge >= 0.3 is 0 Å². The second kappa shape index (κ2) is 9.34. The number of methoxy groups -OCH3 is 1. The van der Waals surface area contributed by atoms with Crippen molar-refractivity contribution < 1.29 is 21.9 Å². The van der Waals surface area contributed by atoms with E-state index < -0.39 is 21.7 Å². The van der Waals surface area contributed by atoms with E-state index in [1.165, 1.54) is 12.1 Å². The van der Waals surface area contributed by atoms with Gasteiger partial charge in [0.25, 0.3) is 0 Å². The van der Waals surface area contributed by atoms with Crippen molar-refractivity contribution in [1.29, 1.82) is 0 Å². The molecule has 31 heavy (non-hydrogen) atoms. The number of rotatable bonds is 8. The molecule has 0 aromatic heterocycles. The second-order valence-electron chi connectivity index (χ2n) is 7.26. The van der Waals surface area contributed by atoms with Gasteiger partial charge in [-0.25, -0.2) is 17.2 Å². The number of hydrogen-bond acceptors (Lipinski definition) is 4. The van der Waals surface area contributed by atoms with Crippen LogP contribution in [0, 0.1) is 18.6 Å². The number of benzene rings is 3. The van der Waals surface area contributed by atoms with E-state index in [0.29, 0.717) is 23.4 Å². The summed E-state index contributed by atoms with van der Waals surface area (Å²) in [4.78, 5) is 1.92. The third-order valence-corrected chi connectivity index (χ3v) is 5.44. The predicted molar refractivity (Wildman–Crippen MR) is 119 cm³/mol. The number of anilines is 2. The molecule has 3 rings (SSSR count). The van der Waals surface area contributed by atoms with Gasteiger partial charge in [0.2, 0.25) is 10.0 Å². The zero-order chi connectivity index (χ0) is 22.6. The van der Waals surface area contributed by atoms with Crippen molar-refractivity contribution >= 4 is 21.4 Å². The van der Waals surface area contributed by atoms with Gasteiger partial charge in [0.1, 0.15) is 17.4 Å². The number of halogens is 2. The number of nitrogens with one attached hydrogen (secondary N) is 1. The number of hydrogen-bond donors (Lipinski definition) is 1. The Labute approximate surface area is 181 Å². The average molecular weight is 447 g/mol. The summed E-state index contributed by atoms with van der Waals surface area (Å²) in [6, 6.07) is 16.2. The van der Waals surface area contributed by atoms with Gasteiger partial charge in [-0.1, -0.05) is 24.3 Å². The molecule has 0 fully saturated rings. The fourth-order valence-corrected chi connectivity index (χ4v) is 3.93. The maximum Gasteiger partial charge on any atom is 0.229 e. The van der Waals surface area contributed by atoms with Gasteiger partial charge in [-0.2, -0.15) is 0 Å². The lowest BCUT2D eigenvalue weighted by Gasteiger charge is -2.28. The van der Waals surface area contributed by atoms with Crippen LogP contribution in [-0.2, 0) is 23.1 Å². The highest BCUT2D eigenvalue weighted by Crippen LogP contribution is 2.30. The van der Waals surface area contributed by atoms with Gasteiger partial charge in [0.15, 0.2) is 0 Å². The van der Waals surface area contributed by atoms with Gasteiger partial charge in [0, 0.05) is 30.4 Å². The number of ether oxygens (including phenoxy) is 1. The summed E-state index contributed by atoms with van der Waals surface area (Å²) < 4.78 is 58.9. The molecule has 1 N–H and O–H groups in total. The van der Waals surface area contributed by atoms with Crippen molar-refractivity contribution in [1.82, 2.24) is 0 Å². The van der Waals surface area contributed by atoms with Crippen LogP contribution >= 0.6 is 0 Å². The largest absolute Gasteiger partial charge is 0.497 e. The first-order valence-electron chi connectivity index (χ1n) is 9.55. The van der Waals surface area contributed by atoms with Crippen LogP contribution in [-0.4, -0.2) is 21.8 Å². The van der Waals surface area contributed by atoms with Crippen LogP contribution in [0.5, 0.6) is 5.75 Å². The Bertz CT molecular complexity index is 1170. The quantitative estimate of drug-likeness (QED) is 0.537. The van der Waals surface area contributed by atoms with E-state index in [-0.39, 0.29) is 6.54 Å². The minimum absolute atomic E-state index is 0.168. The molecule has 0 amide bonds. The molecule has 0 saturated carbocycles. The topological polar surface area (TPSA) is 58.6 Å². The summed E-state index contributed by atoms with van der Waals surface area (Å²) in [5, 5.41) is 0. The molecule has 0 atom stereocenters. The number of nitrogens with zero attached hydrogens (tertiary/aromatic N) is 1. The van der Waals surface area contributed by atoms with Crippen molar-refractivity contribution in [3.8, 4) is 5.75 Å². The second-order valence-corrected chi connectivity index (χ2v) is 9.01. The lowest BCUT2D eigenvalue weighted by Crippen LogP contribution is -2.24. The minimum atomic E-state index is -3.46. The SMILES string of the molecule is COc1ccc(CN(Cc2ccc(F)cc2F)c2cccc(NS(C)(=O)=O)c2C)cc1. The first kappa shape index (κ1) is 22.6. The summed E-state index contributed by atoms with van der Waals surface area (Å²) in [5.41, 5.74) is 3.15. The van der Waals surface area contributed by atoms with Crippen molar-refractivity contribution in [2.24, 2.45) is 0 Å². The van der Waals surface area contributed by atoms with Crippen LogP contribution in [0.1, 0.15) is 16.7 Å². The fraction of sp³-hybridized carbons (Fsp3) is 0.217. The Hall–Kier alpha value is -3.13. The maximum atomic E-state index is 14.4. The Morgan fingerprint density at radius 1 is 1.00 bits per heavy atom. The first-order chi connectivity index (χ1) is 14.7. The van der Waals surface area contributed by atoms with Gasteiger partial charge in [-0.3, -0.25) is 4.72 Å². The standard InChI is InChI=1S/C23H24F2N2O3S/c1-16-22(26-31(3,28)29)5-4-6-23(16)27(14-17-7-11-20(30-2)12-8-17)15-18-9-10-19(24)13-21(18)25/h4-13,26H,14-15H2,1-3H3. The van der Waals surface area contributed by atoms with Crippen LogP contribution < -0.4 is 14.4 Å². The Balaban J connectivity index is 2.01. The zero-order valence-corrected chi connectivity index (χ0v) is 18.3. The molecule has 0 heterocycles. The van der Waals surface area contributed by atoms with Crippen molar-refractivity contribution in [3.05, 3.63) is 89.0 Å². The summed E-state index contributed by atoms with van der Waals surface area (Å²) in [7, 11) is -1.88. The molecule has 3 aromatic carbocycles. The van der Waals surface area contributed by atoms with Crippen LogP contribution in [0.3, 0.4) is 0 Å². The zero-order valence-electron chi connectivity index (χ0n) is 17.5. The lowest BCUT2D eigenvalue weighted by molar-refractivity contribution is 0.414. The molecule has 164 valence electrons. The Morgan fingerprint density at radius 3 is 2.32 bits per heavy atom. The molecule has 0 aliphatic rings. The third kappa shape index (κ3) is 5.95. The van der Waals surface area contributed by atoms with Gasteiger partial charge in [0.05, 0.1) is 19.1 Å². The molecule has 0 radical (unpaired) electrons. The van der Waals surface area contributed by atoms with Crippen LogP contribution in [0.25, 0.3) is 0 Å². The van der Waals surface area contributed by atoms with Crippen LogP contribution in [0.4, 0.5) is 20.2 Å². The van der Waals surface area contributed by atoms with Gasteiger partial charge < -0.3 is 9.64 Å². The van der Waals surface area contributed by atoms with Crippen molar-refractivity contribution in [2.75, 3.05) is 23.0 Å². The van der Waals surface area contributed by atoms with E-state index in [9.17, 15) is 17.2 Å². The molecule has 3 aromatic rings. The van der Waals surface area contributed by atoms with E-state index >= 15 is 0 Å². The van der Waals surface area contributed by atoms with Crippen molar-refractivity contribution in [2.45, 2.75) is 20.0 Å². The molecule has 8 heteroatoms. The minimum Gasteiger partial charge on any atom is -0.497 e. The van der Waals surface area contributed by atoms with E-state index in [4.69, 9.17) is 4.74 Å². The predicted octanol–water partition coefficient (Wildman–Crippen LogP) is 4.86. The Morgan fingerprint density at radius 2 is 1.71 bits per heavy atom. The van der Waals surface area contributed by atoms with E-state index in [1.54, 1.807) is 26.2 Å². The molecule has 5 nitrogen and oxygen atoms in total. The molecular formula is C23H24F2N2O3S. The van der Waals surface area contributed by atoms with Crippen LogP contribution in [0.2, 0.25) is 0 Å².